The van der Waals surface area contributed by atoms with Gasteiger partial charge < -0.3 is 9.26 Å². The van der Waals surface area contributed by atoms with Crippen LogP contribution in [0.2, 0.25) is 0 Å². The van der Waals surface area contributed by atoms with Gasteiger partial charge in [-0.25, -0.2) is 4.98 Å². The number of aryl methyl sites for hydroxylation is 1. The molecule has 0 atom stereocenters. The average molecular weight is 458 g/mol. The molecule has 0 saturated carbocycles. The van der Waals surface area contributed by atoms with Crippen LogP contribution in [0.1, 0.15) is 31.5 Å². The molecule has 0 spiro atoms. The van der Waals surface area contributed by atoms with Crippen molar-refractivity contribution in [3.05, 3.63) is 70.6 Å². The number of unbranched alkanes of at least 4 members (excludes halogenated alkanes) is 1. The van der Waals surface area contributed by atoms with Gasteiger partial charge in [0.15, 0.2) is 11.0 Å². The molecule has 32 heavy (non-hydrogen) atoms. The zero-order valence-corrected chi connectivity index (χ0v) is 18.0. The van der Waals surface area contributed by atoms with E-state index in [1.54, 1.807) is 18.2 Å². The van der Waals surface area contributed by atoms with Crippen LogP contribution in [0.4, 0.5) is 8.78 Å². The Morgan fingerprint density at radius 3 is 2.66 bits per heavy atom. The van der Waals surface area contributed by atoms with Crippen molar-refractivity contribution in [1.82, 2.24) is 19.7 Å². The van der Waals surface area contributed by atoms with Crippen LogP contribution < -0.4 is 10.3 Å². The molecule has 2 aromatic heterocycles. The number of alkyl halides is 2. The van der Waals surface area contributed by atoms with Crippen molar-refractivity contribution < 1.29 is 18.0 Å². The predicted molar refractivity (Wildman–Crippen MR) is 116 cm³/mol. The molecule has 0 N–H and O–H groups in total. The Balaban J connectivity index is 1.68. The van der Waals surface area contributed by atoms with Crippen LogP contribution in [0.25, 0.3) is 16.6 Å². The highest BCUT2D eigenvalue weighted by Gasteiger charge is 2.16. The van der Waals surface area contributed by atoms with E-state index in [1.807, 2.05) is 6.07 Å². The topological polar surface area (TPSA) is 83.0 Å². The molecular formula is C22H20F2N4O3S. The summed E-state index contributed by atoms with van der Waals surface area (Å²) in [4.78, 5) is 22.3. The lowest BCUT2D eigenvalue weighted by Crippen LogP contribution is -2.21. The number of rotatable bonds is 9. The molecule has 10 heteroatoms. The molecule has 0 aliphatic heterocycles. The first-order chi connectivity index (χ1) is 15.5. The second-order valence-electron chi connectivity index (χ2n) is 6.92. The molecule has 4 rings (SSSR count). The smallest absolute Gasteiger partial charge is 0.387 e. The Labute approximate surface area is 186 Å². The Hall–Kier alpha value is -3.27. The first-order valence-corrected chi connectivity index (χ1v) is 11.0. The number of benzene rings is 2. The molecule has 2 heterocycles. The Kier molecular flexibility index (Phi) is 6.79. The molecule has 7 nitrogen and oxygen atoms in total. The standard InChI is InChI=1S/C22H20F2N4O3S/c1-2-3-8-18-26-19(31-27-18)13-32-22-25-17-7-5-4-6-16(17)20(29)28(22)14-9-11-15(12-10-14)30-21(23)24/h4-7,9-12,21H,2-3,8,13H2,1H3. The minimum Gasteiger partial charge on any atom is -0.435 e. The number of hydrogen-bond donors (Lipinski definition) is 0. The summed E-state index contributed by atoms with van der Waals surface area (Å²) in [5.74, 6) is 1.43. The SMILES string of the molecule is CCCCc1noc(CSc2nc3ccccc3c(=O)n2-c2ccc(OC(F)F)cc2)n1. The summed E-state index contributed by atoms with van der Waals surface area (Å²) in [6, 6.07) is 12.9. The summed E-state index contributed by atoms with van der Waals surface area (Å²) in [7, 11) is 0. The van der Waals surface area contributed by atoms with Gasteiger partial charge in [-0.3, -0.25) is 9.36 Å². The lowest BCUT2D eigenvalue weighted by molar-refractivity contribution is -0.0498. The predicted octanol–water partition coefficient (Wildman–Crippen LogP) is 5.01. The number of thioether (sulfide) groups is 1. The molecule has 0 aliphatic carbocycles. The average Bonchev–Trinajstić information content (AvgIpc) is 3.24. The number of hydrogen-bond acceptors (Lipinski definition) is 7. The van der Waals surface area contributed by atoms with Gasteiger partial charge in [0, 0.05) is 6.42 Å². The van der Waals surface area contributed by atoms with Crippen molar-refractivity contribution in [2.45, 2.75) is 43.7 Å². The maximum absolute atomic E-state index is 13.3. The largest absolute Gasteiger partial charge is 0.435 e. The number of ether oxygens (including phenoxy) is 1. The quantitative estimate of drug-likeness (QED) is 0.258. The molecule has 0 saturated heterocycles. The van der Waals surface area contributed by atoms with Gasteiger partial charge in [-0.05, 0) is 42.8 Å². The van der Waals surface area contributed by atoms with Gasteiger partial charge in [0.05, 0.1) is 22.3 Å². The first kappa shape index (κ1) is 21.9. The zero-order valence-electron chi connectivity index (χ0n) is 17.2. The van der Waals surface area contributed by atoms with Gasteiger partial charge in [-0.15, -0.1) is 0 Å². The summed E-state index contributed by atoms with van der Waals surface area (Å²) in [6.07, 6.45) is 2.76. The van der Waals surface area contributed by atoms with Gasteiger partial charge >= 0.3 is 6.61 Å². The van der Waals surface area contributed by atoms with E-state index in [-0.39, 0.29) is 11.3 Å². The summed E-state index contributed by atoms with van der Waals surface area (Å²) >= 11 is 1.28. The third kappa shape index (κ3) is 4.96. The van der Waals surface area contributed by atoms with Gasteiger partial charge in [0.25, 0.3) is 5.56 Å². The molecule has 0 unspecified atom stereocenters. The molecule has 0 aliphatic rings. The van der Waals surface area contributed by atoms with Crippen LogP contribution in [0, 0.1) is 0 Å². The molecule has 0 amide bonds. The summed E-state index contributed by atoms with van der Waals surface area (Å²) in [5.41, 5.74) is 0.768. The fourth-order valence-corrected chi connectivity index (χ4v) is 3.98. The number of halogens is 2. The fourth-order valence-electron chi connectivity index (χ4n) is 3.13. The van der Waals surface area contributed by atoms with Crippen molar-refractivity contribution in [3.8, 4) is 11.4 Å². The van der Waals surface area contributed by atoms with Crippen molar-refractivity contribution in [2.75, 3.05) is 0 Å². The van der Waals surface area contributed by atoms with Crippen molar-refractivity contribution in [3.63, 3.8) is 0 Å². The Bertz CT molecular complexity index is 1260. The normalized spacial score (nSPS) is 11.4. The van der Waals surface area contributed by atoms with E-state index < -0.39 is 6.61 Å². The van der Waals surface area contributed by atoms with Crippen LogP contribution in [0.3, 0.4) is 0 Å². The maximum atomic E-state index is 13.3. The van der Waals surface area contributed by atoms with E-state index in [0.29, 0.717) is 39.2 Å². The van der Waals surface area contributed by atoms with Crippen LogP contribution in [0.5, 0.6) is 5.75 Å². The number of fused-ring (bicyclic) bond motifs is 1. The molecule has 0 bridgehead atoms. The van der Waals surface area contributed by atoms with Gasteiger partial charge in [0.1, 0.15) is 5.75 Å². The van der Waals surface area contributed by atoms with E-state index in [2.05, 4.69) is 26.8 Å². The monoisotopic (exact) mass is 458 g/mol. The van der Waals surface area contributed by atoms with Crippen molar-refractivity contribution in [2.24, 2.45) is 0 Å². The second-order valence-corrected chi connectivity index (χ2v) is 7.86. The minimum absolute atomic E-state index is 0.00483. The van der Waals surface area contributed by atoms with E-state index in [4.69, 9.17) is 4.52 Å². The zero-order chi connectivity index (χ0) is 22.5. The highest BCUT2D eigenvalue weighted by molar-refractivity contribution is 7.98. The highest BCUT2D eigenvalue weighted by atomic mass is 32.2. The Morgan fingerprint density at radius 2 is 1.91 bits per heavy atom. The molecule has 0 radical (unpaired) electrons. The Morgan fingerprint density at radius 1 is 1.12 bits per heavy atom. The summed E-state index contributed by atoms with van der Waals surface area (Å²) in [6.45, 7) is -0.832. The second kappa shape index (κ2) is 9.90. The number of nitrogens with zero attached hydrogens (tertiary/aromatic N) is 4. The van der Waals surface area contributed by atoms with Gasteiger partial charge in [-0.1, -0.05) is 42.4 Å². The molecule has 0 fully saturated rings. The van der Waals surface area contributed by atoms with E-state index in [0.717, 1.165) is 19.3 Å². The van der Waals surface area contributed by atoms with Crippen LogP contribution in [-0.2, 0) is 12.2 Å². The van der Waals surface area contributed by atoms with E-state index in [9.17, 15) is 13.6 Å². The fraction of sp³-hybridized carbons (Fsp3) is 0.273. The summed E-state index contributed by atoms with van der Waals surface area (Å²) in [5, 5.41) is 4.85. The lowest BCUT2D eigenvalue weighted by atomic mass is 10.2. The van der Waals surface area contributed by atoms with Crippen LogP contribution >= 0.6 is 11.8 Å². The minimum atomic E-state index is -2.92. The van der Waals surface area contributed by atoms with E-state index >= 15 is 0 Å². The molecule has 2 aromatic carbocycles. The third-order valence-corrected chi connectivity index (χ3v) is 5.58. The third-order valence-electron chi connectivity index (χ3n) is 4.65. The van der Waals surface area contributed by atoms with Gasteiger partial charge in [-0.2, -0.15) is 13.8 Å². The molecule has 4 aromatic rings. The molecular weight excluding hydrogens is 438 g/mol. The van der Waals surface area contributed by atoms with Crippen molar-refractivity contribution >= 4 is 22.7 Å². The highest BCUT2D eigenvalue weighted by Crippen LogP contribution is 2.25. The van der Waals surface area contributed by atoms with Crippen molar-refractivity contribution in [1.29, 1.82) is 0 Å². The van der Waals surface area contributed by atoms with Crippen LogP contribution in [0.15, 0.2) is 63.0 Å². The van der Waals surface area contributed by atoms with Gasteiger partial charge in [0.2, 0.25) is 5.89 Å². The number of aromatic nitrogens is 4. The first-order valence-electron chi connectivity index (χ1n) is 10.1. The van der Waals surface area contributed by atoms with E-state index in [1.165, 1.54) is 40.6 Å². The number of para-hydroxylation sites is 1. The molecule has 166 valence electrons. The maximum Gasteiger partial charge on any atom is 0.387 e. The summed E-state index contributed by atoms with van der Waals surface area (Å²) < 4.78 is 36.1. The van der Waals surface area contributed by atoms with Crippen LogP contribution in [-0.4, -0.2) is 26.3 Å². The lowest BCUT2D eigenvalue weighted by Gasteiger charge is -2.13.